The van der Waals surface area contributed by atoms with Crippen LogP contribution in [0, 0.1) is 0 Å². The maximum Gasteiger partial charge on any atom is 0.306 e. The Balaban J connectivity index is 4.46. The summed E-state index contributed by atoms with van der Waals surface area (Å²) < 4.78 is 16.8. The number of ether oxygens (including phenoxy) is 3. The van der Waals surface area contributed by atoms with Gasteiger partial charge >= 0.3 is 17.9 Å². The first-order chi connectivity index (χ1) is 33.5. The topological polar surface area (TPSA) is 78.9 Å². The second-order valence-corrected chi connectivity index (χ2v) is 18.8. The van der Waals surface area contributed by atoms with Gasteiger partial charge in [0.15, 0.2) is 6.10 Å². The molecule has 0 radical (unpaired) electrons. The van der Waals surface area contributed by atoms with Gasteiger partial charge in [0.1, 0.15) is 13.2 Å². The first-order valence-electron chi connectivity index (χ1n) is 28.6. The third-order valence-electron chi connectivity index (χ3n) is 12.1. The minimum atomic E-state index is -0.796. The lowest BCUT2D eigenvalue weighted by molar-refractivity contribution is -0.167. The number of carbonyl (C=O) groups excluding carboxylic acids is 3. The van der Waals surface area contributed by atoms with Gasteiger partial charge in [0, 0.05) is 19.3 Å². The summed E-state index contributed by atoms with van der Waals surface area (Å²) in [5.41, 5.74) is 0. The number of hydrogen-bond acceptors (Lipinski definition) is 6. The summed E-state index contributed by atoms with van der Waals surface area (Å²) in [6, 6.07) is 0. The summed E-state index contributed by atoms with van der Waals surface area (Å²) in [6.07, 6.45) is 72.8. The molecule has 0 aromatic carbocycles. The van der Waals surface area contributed by atoms with E-state index >= 15 is 0 Å². The highest BCUT2D eigenvalue weighted by molar-refractivity contribution is 5.71. The van der Waals surface area contributed by atoms with Gasteiger partial charge in [-0.25, -0.2) is 0 Å². The molecule has 0 aromatic heterocycles. The molecule has 68 heavy (non-hydrogen) atoms. The average Bonchev–Trinajstić information content (AvgIpc) is 3.34. The van der Waals surface area contributed by atoms with Gasteiger partial charge in [0.2, 0.25) is 0 Å². The monoisotopic (exact) mass is 947 g/mol. The normalized spacial score (nSPS) is 12.7. The van der Waals surface area contributed by atoms with Gasteiger partial charge in [-0.3, -0.25) is 14.4 Å². The molecule has 1 atom stereocenters. The zero-order chi connectivity index (χ0) is 49.3. The number of esters is 3. The highest BCUT2D eigenvalue weighted by atomic mass is 16.6. The molecule has 0 bridgehead atoms. The van der Waals surface area contributed by atoms with Crippen molar-refractivity contribution in [2.75, 3.05) is 13.2 Å². The summed E-state index contributed by atoms with van der Waals surface area (Å²) >= 11 is 0. The van der Waals surface area contributed by atoms with E-state index in [1.165, 1.54) is 128 Å². The van der Waals surface area contributed by atoms with Crippen molar-refractivity contribution in [3.05, 3.63) is 85.1 Å². The van der Waals surface area contributed by atoms with E-state index in [0.717, 1.165) is 103 Å². The fourth-order valence-corrected chi connectivity index (χ4v) is 7.81. The van der Waals surface area contributed by atoms with Gasteiger partial charge < -0.3 is 14.2 Å². The van der Waals surface area contributed by atoms with E-state index in [0.29, 0.717) is 19.3 Å². The van der Waals surface area contributed by atoms with Crippen molar-refractivity contribution in [3.8, 4) is 0 Å². The molecule has 0 fully saturated rings. The first-order valence-corrected chi connectivity index (χ1v) is 28.6. The van der Waals surface area contributed by atoms with Crippen LogP contribution in [-0.4, -0.2) is 37.2 Å². The van der Waals surface area contributed by atoms with Gasteiger partial charge in [-0.1, -0.05) is 221 Å². The van der Waals surface area contributed by atoms with Crippen molar-refractivity contribution in [2.24, 2.45) is 0 Å². The molecular weight excluding hydrogens is 841 g/mol. The Morgan fingerprint density at radius 2 is 0.574 bits per heavy atom. The number of carbonyl (C=O) groups is 3. The lowest BCUT2D eigenvalue weighted by Gasteiger charge is -2.18. The van der Waals surface area contributed by atoms with Gasteiger partial charge in [0.05, 0.1) is 0 Å². The van der Waals surface area contributed by atoms with Crippen LogP contribution in [0.25, 0.3) is 0 Å². The van der Waals surface area contributed by atoms with E-state index in [4.69, 9.17) is 14.2 Å². The third kappa shape index (κ3) is 53.5. The molecule has 0 aliphatic carbocycles. The summed E-state index contributed by atoms with van der Waals surface area (Å²) in [5, 5.41) is 0. The van der Waals surface area contributed by atoms with Crippen molar-refractivity contribution in [2.45, 2.75) is 277 Å². The molecule has 0 aliphatic heterocycles. The molecule has 0 saturated heterocycles. The van der Waals surface area contributed by atoms with Crippen LogP contribution < -0.4 is 0 Å². The van der Waals surface area contributed by atoms with Crippen molar-refractivity contribution >= 4 is 17.9 Å². The fourth-order valence-electron chi connectivity index (χ4n) is 7.81. The van der Waals surface area contributed by atoms with Crippen LogP contribution in [0.15, 0.2) is 85.1 Å². The van der Waals surface area contributed by atoms with Crippen molar-refractivity contribution < 1.29 is 28.6 Å². The molecule has 0 amide bonds. The maximum absolute atomic E-state index is 12.9. The van der Waals surface area contributed by atoms with Crippen LogP contribution in [0.1, 0.15) is 271 Å². The SMILES string of the molecule is CC/C=C\C/C=C\C/C=C\C/C=C\C/C=C\CCCCCC(=O)OC[C@@H](COC(=O)CCCCCCC/C=C\CCCCCCC)OC(=O)CCCCCCCCC/C=C\CCCCCCCC. The van der Waals surface area contributed by atoms with Gasteiger partial charge in [0.25, 0.3) is 0 Å². The molecule has 6 nitrogen and oxygen atoms in total. The minimum Gasteiger partial charge on any atom is -0.462 e. The molecule has 0 saturated carbocycles. The smallest absolute Gasteiger partial charge is 0.306 e. The number of rotatable bonds is 51. The summed E-state index contributed by atoms with van der Waals surface area (Å²) in [5.74, 6) is -0.933. The number of hydrogen-bond donors (Lipinski definition) is 0. The zero-order valence-electron chi connectivity index (χ0n) is 44.6. The number of allylic oxidation sites excluding steroid dienone is 14. The summed E-state index contributed by atoms with van der Waals surface area (Å²) in [7, 11) is 0. The van der Waals surface area contributed by atoms with Crippen molar-refractivity contribution in [3.63, 3.8) is 0 Å². The second kappa shape index (κ2) is 56.2. The predicted octanol–water partition coefficient (Wildman–Crippen LogP) is 19.2. The molecule has 0 heterocycles. The second-order valence-electron chi connectivity index (χ2n) is 18.8. The predicted molar refractivity (Wildman–Crippen MR) is 293 cm³/mol. The van der Waals surface area contributed by atoms with E-state index in [1.54, 1.807) is 0 Å². The van der Waals surface area contributed by atoms with Gasteiger partial charge in [-0.2, -0.15) is 0 Å². The largest absolute Gasteiger partial charge is 0.462 e. The average molecular weight is 948 g/mol. The van der Waals surface area contributed by atoms with Crippen LogP contribution in [0.3, 0.4) is 0 Å². The van der Waals surface area contributed by atoms with Crippen LogP contribution in [0.5, 0.6) is 0 Å². The van der Waals surface area contributed by atoms with E-state index in [-0.39, 0.29) is 31.1 Å². The molecule has 0 spiro atoms. The Bertz CT molecular complexity index is 1320. The Morgan fingerprint density at radius 1 is 0.309 bits per heavy atom. The Hall–Kier alpha value is -3.41. The quantitative estimate of drug-likeness (QED) is 0.0262. The van der Waals surface area contributed by atoms with Crippen LogP contribution in [0.4, 0.5) is 0 Å². The molecular formula is C62H106O6. The summed E-state index contributed by atoms with van der Waals surface area (Å²) in [4.78, 5) is 38.1. The molecule has 0 N–H and O–H groups in total. The lowest BCUT2D eigenvalue weighted by Crippen LogP contribution is -2.30. The lowest BCUT2D eigenvalue weighted by atomic mass is 10.1. The molecule has 390 valence electrons. The standard InChI is InChI=1S/C62H106O6/c1-4-7-10-13-16-19-22-25-28-30-31-33-34-37-40-43-46-49-52-55-61(64)67-58-59(57-66-60(63)54-51-48-45-42-39-36-27-24-21-18-15-12-9-6-3)68-62(65)56-53-50-47-44-41-38-35-32-29-26-23-20-17-14-11-8-5-2/h7,10,16,19,24-29,31,33,37,40,59H,4-6,8-9,11-15,17-18,20-23,30,32,34-36,38-39,41-58H2,1-3H3/b10-7-,19-16-,27-24-,28-25-,29-26-,33-31-,40-37-/t59-/m1/s1. The molecule has 0 rings (SSSR count). The Morgan fingerprint density at radius 3 is 0.926 bits per heavy atom. The van der Waals surface area contributed by atoms with Gasteiger partial charge in [-0.05, 0) is 116 Å². The zero-order valence-corrected chi connectivity index (χ0v) is 44.6. The Kier molecular flexibility index (Phi) is 53.4. The number of unbranched alkanes of at least 4 members (excludes halogenated alkanes) is 26. The van der Waals surface area contributed by atoms with Crippen LogP contribution in [-0.2, 0) is 28.6 Å². The highest BCUT2D eigenvalue weighted by Crippen LogP contribution is 2.14. The van der Waals surface area contributed by atoms with Crippen molar-refractivity contribution in [1.82, 2.24) is 0 Å². The molecule has 6 heteroatoms. The summed E-state index contributed by atoms with van der Waals surface area (Å²) in [6.45, 7) is 6.48. The van der Waals surface area contributed by atoms with Crippen LogP contribution in [0.2, 0.25) is 0 Å². The first kappa shape index (κ1) is 64.6. The van der Waals surface area contributed by atoms with E-state index in [1.807, 2.05) is 0 Å². The molecule has 0 aliphatic rings. The van der Waals surface area contributed by atoms with E-state index in [2.05, 4.69) is 106 Å². The Labute approximate surface area is 420 Å². The van der Waals surface area contributed by atoms with E-state index < -0.39 is 6.10 Å². The molecule has 0 aromatic rings. The minimum absolute atomic E-state index is 0.0930. The van der Waals surface area contributed by atoms with Crippen LogP contribution >= 0.6 is 0 Å². The van der Waals surface area contributed by atoms with Gasteiger partial charge in [-0.15, -0.1) is 0 Å². The fraction of sp³-hybridized carbons (Fsp3) is 0.726. The maximum atomic E-state index is 12.9. The third-order valence-corrected chi connectivity index (χ3v) is 12.1. The van der Waals surface area contributed by atoms with Crippen molar-refractivity contribution in [1.29, 1.82) is 0 Å². The van der Waals surface area contributed by atoms with E-state index in [9.17, 15) is 14.4 Å². The molecule has 0 unspecified atom stereocenters. The highest BCUT2D eigenvalue weighted by Gasteiger charge is 2.19.